The average Bonchev–Trinajstić information content (AvgIpc) is 2.91. The summed E-state index contributed by atoms with van der Waals surface area (Å²) < 4.78 is 5.07. The first kappa shape index (κ1) is 12.2. The minimum absolute atomic E-state index is 0.160. The lowest BCUT2D eigenvalue weighted by Gasteiger charge is -1.99. The number of carbonyl (C=O) groups is 1. The molecule has 1 aromatic carbocycles. The van der Waals surface area contributed by atoms with Gasteiger partial charge in [-0.15, -0.1) is 0 Å². The van der Waals surface area contributed by atoms with Gasteiger partial charge in [0.2, 0.25) is 5.88 Å². The van der Waals surface area contributed by atoms with Gasteiger partial charge in [0.05, 0.1) is 18.2 Å². The molecule has 3 rings (SSSR count). The van der Waals surface area contributed by atoms with Crippen LogP contribution in [0, 0.1) is 0 Å². The van der Waals surface area contributed by atoms with E-state index in [0.717, 1.165) is 0 Å². The number of H-pyrrole nitrogens is 1. The molecule has 0 unspecified atom stereocenters. The highest BCUT2D eigenvalue weighted by Gasteiger charge is 2.14. The maximum absolute atomic E-state index is 11.2. The molecule has 0 aliphatic carbocycles. The number of rotatable bonds is 3. The molecule has 0 radical (unpaired) electrons. The first-order valence-electron chi connectivity index (χ1n) is 5.92. The quantitative estimate of drug-likeness (QED) is 0.761. The Bertz CT molecular complexity index is 795. The number of carboxylic acids is 1. The summed E-state index contributed by atoms with van der Waals surface area (Å²) in [5.74, 6) is -0.0266. The molecular weight excluding hydrogens is 258 g/mol. The molecule has 0 spiro atoms. The normalized spacial score (nSPS) is 10.7. The number of methoxy groups -OCH3 is 1. The van der Waals surface area contributed by atoms with Gasteiger partial charge in [0, 0.05) is 6.07 Å². The number of nitrogens with one attached hydrogen (secondary N) is 1. The van der Waals surface area contributed by atoms with Crippen LogP contribution in [0.4, 0.5) is 0 Å². The van der Waals surface area contributed by atoms with Crippen LogP contribution in [0.3, 0.4) is 0 Å². The molecule has 100 valence electrons. The zero-order chi connectivity index (χ0) is 14.1. The van der Waals surface area contributed by atoms with Crippen molar-refractivity contribution >= 4 is 17.0 Å². The fourth-order valence-corrected chi connectivity index (χ4v) is 1.99. The van der Waals surface area contributed by atoms with Crippen LogP contribution in [0.1, 0.15) is 10.4 Å². The van der Waals surface area contributed by atoms with Crippen LogP contribution in [-0.4, -0.2) is 33.1 Å². The Balaban J connectivity index is 2.17. The number of hydrogen-bond acceptors (Lipinski definition) is 4. The number of fused-ring (bicyclic) bond motifs is 1. The molecule has 0 aliphatic heterocycles. The van der Waals surface area contributed by atoms with Crippen molar-refractivity contribution in [3.8, 4) is 17.4 Å². The number of benzene rings is 1. The minimum atomic E-state index is -1.01. The van der Waals surface area contributed by atoms with Crippen LogP contribution in [0.15, 0.2) is 36.4 Å². The largest absolute Gasteiger partial charge is 0.481 e. The van der Waals surface area contributed by atoms with Crippen LogP contribution in [0.2, 0.25) is 0 Å². The first-order chi connectivity index (χ1) is 9.69. The van der Waals surface area contributed by atoms with E-state index in [2.05, 4.69) is 15.0 Å². The molecule has 0 atom stereocenters. The molecule has 0 saturated carbocycles. The molecule has 0 fully saturated rings. The Morgan fingerprint density at radius 2 is 2.00 bits per heavy atom. The summed E-state index contributed by atoms with van der Waals surface area (Å²) in [5.41, 5.74) is 1.83. The van der Waals surface area contributed by atoms with E-state index in [4.69, 9.17) is 9.84 Å². The van der Waals surface area contributed by atoms with Crippen LogP contribution < -0.4 is 4.74 Å². The van der Waals surface area contributed by atoms with Crippen molar-refractivity contribution in [2.45, 2.75) is 0 Å². The average molecular weight is 269 g/mol. The predicted octanol–water partition coefficient (Wildman–Crippen LogP) is 2.33. The molecular formula is C14H11N3O3. The molecule has 20 heavy (non-hydrogen) atoms. The van der Waals surface area contributed by atoms with Gasteiger partial charge in [-0.25, -0.2) is 14.8 Å². The molecule has 0 bridgehead atoms. The van der Waals surface area contributed by atoms with E-state index in [9.17, 15) is 4.79 Å². The van der Waals surface area contributed by atoms with Crippen molar-refractivity contribution in [2.75, 3.05) is 7.11 Å². The molecule has 2 aromatic heterocycles. The lowest BCUT2D eigenvalue weighted by molar-refractivity contribution is 0.0699. The van der Waals surface area contributed by atoms with Crippen LogP contribution >= 0.6 is 0 Å². The lowest BCUT2D eigenvalue weighted by Crippen LogP contribution is -1.96. The van der Waals surface area contributed by atoms with Crippen molar-refractivity contribution in [1.29, 1.82) is 0 Å². The highest BCUT2D eigenvalue weighted by molar-refractivity contribution is 6.01. The highest BCUT2D eigenvalue weighted by atomic mass is 16.5. The lowest BCUT2D eigenvalue weighted by atomic mass is 10.2. The summed E-state index contributed by atoms with van der Waals surface area (Å²) in [7, 11) is 1.54. The number of nitrogens with zero attached hydrogens (tertiary/aromatic N) is 2. The van der Waals surface area contributed by atoms with Crippen molar-refractivity contribution < 1.29 is 14.6 Å². The fraction of sp³-hybridized carbons (Fsp3) is 0.0714. The minimum Gasteiger partial charge on any atom is -0.481 e. The SMILES string of the molecule is COc1cccc(-c2nc3c(C(=O)O)cccc3[nH]2)n1. The Kier molecular flexibility index (Phi) is 2.83. The van der Waals surface area contributed by atoms with Crippen molar-refractivity contribution in [2.24, 2.45) is 0 Å². The van der Waals surface area contributed by atoms with Crippen LogP contribution in [0.5, 0.6) is 5.88 Å². The van der Waals surface area contributed by atoms with Gasteiger partial charge in [0.1, 0.15) is 11.2 Å². The zero-order valence-electron chi connectivity index (χ0n) is 10.6. The van der Waals surface area contributed by atoms with Gasteiger partial charge in [0.25, 0.3) is 0 Å². The van der Waals surface area contributed by atoms with Gasteiger partial charge < -0.3 is 14.8 Å². The molecule has 2 heterocycles. The fourth-order valence-electron chi connectivity index (χ4n) is 1.99. The maximum atomic E-state index is 11.2. The van der Waals surface area contributed by atoms with E-state index < -0.39 is 5.97 Å². The standard InChI is InChI=1S/C14H11N3O3/c1-20-11-7-3-6-10(15-11)13-16-9-5-2-4-8(14(18)19)12(9)17-13/h2-7H,1H3,(H,16,17)(H,18,19). The van der Waals surface area contributed by atoms with Gasteiger partial charge >= 0.3 is 5.97 Å². The number of para-hydroxylation sites is 1. The number of aromatic amines is 1. The second kappa shape index (κ2) is 4.65. The van der Waals surface area contributed by atoms with Crippen molar-refractivity contribution in [1.82, 2.24) is 15.0 Å². The number of aromatic carboxylic acids is 1. The van der Waals surface area contributed by atoms with E-state index in [1.165, 1.54) is 13.2 Å². The summed E-state index contributed by atoms with van der Waals surface area (Å²) in [4.78, 5) is 22.8. The molecule has 2 N–H and O–H groups in total. The number of imidazole rings is 1. The molecule has 6 heteroatoms. The number of aromatic nitrogens is 3. The van der Waals surface area contributed by atoms with Crippen LogP contribution in [0.25, 0.3) is 22.6 Å². The number of pyridine rings is 1. The first-order valence-corrected chi connectivity index (χ1v) is 5.92. The Hall–Kier alpha value is -2.89. The van der Waals surface area contributed by atoms with E-state index >= 15 is 0 Å². The second-order valence-electron chi connectivity index (χ2n) is 4.16. The van der Waals surface area contributed by atoms with Gasteiger partial charge in [-0.3, -0.25) is 0 Å². The van der Waals surface area contributed by atoms with Gasteiger partial charge in [-0.05, 0) is 18.2 Å². The molecule has 6 nitrogen and oxygen atoms in total. The van der Waals surface area contributed by atoms with Crippen LogP contribution in [-0.2, 0) is 0 Å². The third-order valence-electron chi connectivity index (χ3n) is 2.92. The van der Waals surface area contributed by atoms with E-state index in [0.29, 0.717) is 28.4 Å². The summed E-state index contributed by atoms with van der Waals surface area (Å²) >= 11 is 0. The van der Waals surface area contributed by atoms with Crippen molar-refractivity contribution in [3.05, 3.63) is 42.0 Å². The summed E-state index contributed by atoms with van der Waals surface area (Å²) in [6.45, 7) is 0. The number of hydrogen-bond donors (Lipinski definition) is 2. The third kappa shape index (κ3) is 1.97. The molecule has 0 saturated heterocycles. The van der Waals surface area contributed by atoms with E-state index in [1.54, 1.807) is 30.3 Å². The Labute approximate surface area is 114 Å². The summed E-state index contributed by atoms with van der Waals surface area (Å²) in [5, 5.41) is 9.16. The topological polar surface area (TPSA) is 88.1 Å². The summed E-state index contributed by atoms with van der Waals surface area (Å²) in [6.07, 6.45) is 0. The number of ether oxygens (including phenoxy) is 1. The van der Waals surface area contributed by atoms with Gasteiger partial charge in [-0.2, -0.15) is 0 Å². The second-order valence-corrected chi connectivity index (χ2v) is 4.16. The molecule has 0 aliphatic rings. The van der Waals surface area contributed by atoms with Gasteiger partial charge in [0.15, 0.2) is 5.82 Å². The molecule has 0 amide bonds. The Morgan fingerprint density at radius 3 is 2.75 bits per heavy atom. The smallest absolute Gasteiger partial charge is 0.337 e. The predicted molar refractivity (Wildman–Crippen MR) is 72.8 cm³/mol. The molecule has 3 aromatic rings. The Morgan fingerprint density at radius 1 is 1.20 bits per heavy atom. The van der Waals surface area contributed by atoms with E-state index in [-0.39, 0.29) is 5.56 Å². The van der Waals surface area contributed by atoms with Gasteiger partial charge in [-0.1, -0.05) is 12.1 Å². The van der Waals surface area contributed by atoms with E-state index in [1.807, 2.05) is 0 Å². The zero-order valence-corrected chi connectivity index (χ0v) is 10.6. The van der Waals surface area contributed by atoms with Crippen molar-refractivity contribution in [3.63, 3.8) is 0 Å². The maximum Gasteiger partial charge on any atom is 0.337 e. The number of carboxylic acid groups (broad SMARTS) is 1. The monoisotopic (exact) mass is 269 g/mol. The highest BCUT2D eigenvalue weighted by Crippen LogP contribution is 2.23. The summed E-state index contributed by atoms with van der Waals surface area (Å²) in [6, 6.07) is 10.3. The third-order valence-corrected chi connectivity index (χ3v) is 2.92.